The van der Waals surface area contributed by atoms with E-state index in [1.165, 1.54) is 0 Å². The Labute approximate surface area is 72.5 Å². The second kappa shape index (κ2) is 5.57. The van der Waals surface area contributed by atoms with Crippen LogP contribution in [-0.2, 0) is 9.59 Å². The first kappa shape index (κ1) is 10.9. The van der Waals surface area contributed by atoms with Crippen LogP contribution in [-0.4, -0.2) is 18.4 Å². The van der Waals surface area contributed by atoms with E-state index in [-0.39, 0.29) is 12.5 Å². The van der Waals surface area contributed by atoms with Gasteiger partial charge in [-0.2, -0.15) is 0 Å². The summed E-state index contributed by atoms with van der Waals surface area (Å²) < 4.78 is 0. The predicted molar refractivity (Wildman–Crippen MR) is 46.3 cm³/mol. The van der Waals surface area contributed by atoms with Crippen LogP contribution in [0, 0.1) is 5.92 Å². The minimum Gasteiger partial charge on any atom is -0.368 e. The highest BCUT2D eigenvalue weighted by molar-refractivity contribution is 5.83. The van der Waals surface area contributed by atoms with Gasteiger partial charge in [-0.1, -0.05) is 20.3 Å². The average Bonchev–Trinajstić information content (AvgIpc) is 2.00. The van der Waals surface area contributed by atoms with Crippen molar-refractivity contribution in [3.05, 3.63) is 0 Å². The number of hydrogen-bond donors (Lipinski definition) is 2. The van der Waals surface area contributed by atoms with Gasteiger partial charge in [0.25, 0.3) is 0 Å². The smallest absolute Gasteiger partial charge is 0.236 e. The van der Waals surface area contributed by atoms with Gasteiger partial charge in [0.05, 0.1) is 6.54 Å². The lowest BCUT2D eigenvalue weighted by molar-refractivity contribution is -0.125. The van der Waals surface area contributed by atoms with Gasteiger partial charge in [0.2, 0.25) is 11.8 Å². The summed E-state index contributed by atoms with van der Waals surface area (Å²) in [6, 6.07) is 0. The van der Waals surface area contributed by atoms with Crippen LogP contribution in [0.3, 0.4) is 0 Å². The molecule has 0 aliphatic heterocycles. The Morgan fingerprint density at radius 3 is 2.50 bits per heavy atom. The zero-order chi connectivity index (χ0) is 9.56. The van der Waals surface area contributed by atoms with Crippen molar-refractivity contribution >= 4 is 11.8 Å². The number of hydrogen-bond acceptors (Lipinski definition) is 2. The lowest BCUT2D eigenvalue weighted by Crippen LogP contribution is -2.33. The maximum Gasteiger partial charge on any atom is 0.236 e. The largest absolute Gasteiger partial charge is 0.368 e. The minimum absolute atomic E-state index is 0.0603. The minimum atomic E-state index is -0.507. The van der Waals surface area contributed by atoms with E-state index in [9.17, 15) is 9.59 Å². The van der Waals surface area contributed by atoms with E-state index in [1.807, 2.05) is 13.8 Å². The molecule has 4 nitrogen and oxygen atoms in total. The van der Waals surface area contributed by atoms with E-state index in [0.717, 1.165) is 6.42 Å². The monoisotopic (exact) mass is 172 g/mol. The molecule has 0 saturated carbocycles. The van der Waals surface area contributed by atoms with Crippen LogP contribution in [0.4, 0.5) is 0 Å². The molecule has 0 saturated heterocycles. The molecular weight excluding hydrogens is 156 g/mol. The third-order valence-corrected chi connectivity index (χ3v) is 1.69. The molecule has 1 unspecified atom stereocenters. The van der Waals surface area contributed by atoms with Crippen molar-refractivity contribution in [1.29, 1.82) is 0 Å². The number of carbonyl (C=O) groups is 2. The summed E-state index contributed by atoms with van der Waals surface area (Å²) in [7, 11) is 0. The molecule has 0 bridgehead atoms. The third-order valence-electron chi connectivity index (χ3n) is 1.69. The van der Waals surface area contributed by atoms with Crippen LogP contribution >= 0.6 is 0 Å². The van der Waals surface area contributed by atoms with E-state index in [2.05, 4.69) is 5.32 Å². The molecule has 0 aromatic carbocycles. The molecule has 0 heterocycles. The van der Waals surface area contributed by atoms with Crippen LogP contribution in [0.5, 0.6) is 0 Å². The Morgan fingerprint density at radius 2 is 2.08 bits per heavy atom. The summed E-state index contributed by atoms with van der Waals surface area (Å²) >= 11 is 0. The van der Waals surface area contributed by atoms with Gasteiger partial charge in [0, 0.05) is 6.42 Å². The van der Waals surface area contributed by atoms with Gasteiger partial charge in [0.15, 0.2) is 0 Å². The molecule has 0 radical (unpaired) electrons. The molecule has 0 aliphatic carbocycles. The first-order chi connectivity index (χ1) is 5.56. The van der Waals surface area contributed by atoms with Crippen LogP contribution in [0.15, 0.2) is 0 Å². The Hall–Kier alpha value is -1.06. The molecule has 1 atom stereocenters. The molecule has 4 heteroatoms. The Kier molecular flexibility index (Phi) is 5.08. The van der Waals surface area contributed by atoms with Gasteiger partial charge in [-0.05, 0) is 5.92 Å². The Morgan fingerprint density at radius 1 is 1.50 bits per heavy atom. The molecule has 2 amide bonds. The second-order valence-corrected chi connectivity index (χ2v) is 2.96. The fraction of sp³-hybridized carbons (Fsp3) is 0.750. The quantitative estimate of drug-likeness (QED) is 0.613. The summed E-state index contributed by atoms with van der Waals surface area (Å²) in [5, 5.41) is 2.43. The van der Waals surface area contributed by atoms with Gasteiger partial charge in [-0.25, -0.2) is 0 Å². The van der Waals surface area contributed by atoms with Crippen LogP contribution < -0.4 is 11.1 Å². The highest BCUT2D eigenvalue weighted by atomic mass is 16.2. The molecule has 12 heavy (non-hydrogen) atoms. The van der Waals surface area contributed by atoms with E-state index < -0.39 is 5.91 Å². The SMILES string of the molecule is CCC(C)CC(=O)NCC(N)=O. The van der Waals surface area contributed by atoms with Crippen molar-refractivity contribution in [2.75, 3.05) is 6.54 Å². The van der Waals surface area contributed by atoms with Crippen molar-refractivity contribution in [3.63, 3.8) is 0 Å². The van der Waals surface area contributed by atoms with E-state index in [0.29, 0.717) is 12.3 Å². The summed E-state index contributed by atoms with van der Waals surface area (Å²) in [4.78, 5) is 21.3. The van der Waals surface area contributed by atoms with Gasteiger partial charge in [-0.15, -0.1) is 0 Å². The fourth-order valence-electron chi connectivity index (χ4n) is 0.719. The molecule has 0 rings (SSSR count). The van der Waals surface area contributed by atoms with Gasteiger partial charge >= 0.3 is 0 Å². The first-order valence-electron chi connectivity index (χ1n) is 4.11. The third kappa shape index (κ3) is 5.70. The molecule has 0 spiro atoms. The van der Waals surface area contributed by atoms with Crippen LogP contribution in [0.25, 0.3) is 0 Å². The molecule has 3 N–H and O–H groups in total. The molecular formula is C8H16N2O2. The summed E-state index contributed by atoms with van der Waals surface area (Å²) in [5.41, 5.74) is 4.85. The van der Waals surface area contributed by atoms with Gasteiger partial charge in [-0.3, -0.25) is 9.59 Å². The van der Waals surface area contributed by atoms with E-state index in [4.69, 9.17) is 5.73 Å². The zero-order valence-corrected chi connectivity index (χ0v) is 7.59. The van der Waals surface area contributed by atoms with E-state index in [1.54, 1.807) is 0 Å². The summed E-state index contributed by atoms with van der Waals surface area (Å²) in [5.74, 6) is -0.256. The van der Waals surface area contributed by atoms with E-state index >= 15 is 0 Å². The van der Waals surface area contributed by atoms with Crippen molar-refractivity contribution in [1.82, 2.24) is 5.32 Å². The van der Waals surface area contributed by atoms with Crippen molar-refractivity contribution in [2.45, 2.75) is 26.7 Å². The highest BCUT2D eigenvalue weighted by Gasteiger charge is 2.06. The van der Waals surface area contributed by atoms with Crippen molar-refractivity contribution in [3.8, 4) is 0 Å². The van der Waals surface area contributed by atoms with Gasteiger partial charge < -0.3 is 11.1 Å². The summed E-state index contributed by atoms with van der Waals surface area (Å²) in [6.07, 6.45) is 1.42. The fourth-order valence-corrected chi connectivity index (χ4v) is 0.719. The standard InChI is InChI=1S/C8H16N2O2/c1-3-6(2)4-8(12)10-5-7(9)11/h6H,3-5H2,1-2H3,(H2,9,11)(H,10,12). The first-order valence-corrected chi connectivity index (χ1v) is 4.11. The number of nitrogens with two attached hydrogens (primary N) is 1. The number of primary amides is 1. The number of nitrogens with one attached hydrogen (secondary N) is 1. The lowest BCUT2D eigenvalue weighted by Gasteiger charge is -2.07. The Bertz CT molecular complexity index is 168. The van der Waals surface area contributed by atoms with Crippen molar-refractivity contribution < 1.29 is 9.59 Å². The topological polar surface area (TPSA) is 72.2 Å². The normalized spacial score (nSPS) is 12.2. The zero-order valence-electron chi connectivity index (χ0n) is 7.59. The summed E-state index contributed by atoms with van der Waals surface area (Å²) in [6.45, 7) is 3.95. The maximum atomic E-state index is 11.0. The average molecular weight is 172 g/mol. The lowest BCUT2D eigenvalue weighted by atomic mass is 10.1. The number of rotatable bonds is 5. The van der Waals surface area contributed by atoms with Gasteiger partial charge in [0.1, 0.15) is 0 Å². The molecule has 70 valence electrons. The predicted octanol–water partition coefficient (Wildman–Crippen LogP) is 0.0241. The highest BCUT2D eigenvalue weighted by Crippen LogP contribution is 2.04. The van der Waals surface area contributed by atoms with Crippen LogP contribution in [0.2, 0.25) is 0 Å². The molecule has 0 aromatic rings. The molecule has 0 aromatic heterocycles. The second-order valence-electron chi connectivity index (χ2n) is 2.96. The van der Waals surface area contributed by atoms with Crippen molar-refractivity contribution in [2.24, 2.45) is 11.7 Å². The molecule has 0 fully saturated rings. The number of carbonyl (C=O) groups excluding carboxylic acids is 2. The number of amides is 2. The molecule has 0 aliphatic rings. The maximum absolute atomic E-state index is 11.0. The van der Waals surface area contributed by atoms with Crippen LogP contribution in [0.1, 0.15) is 26.7 Å². The Balaban J connectivity index is 3.53.